The molecule has 0 bridgehead atoms. The van der Waals surface area contributed by atoms with Crippen molar-refractivity contribution in [3.8, 4) is 5.75 Å². The molecule has 2 saturated heterocycles. The van der Waals surface area contributed by atoms with Gasteiger partial charge in [-0.05, 0) is 49.1 Å². The average Bonchev–Trinajstić information content (AvgIpc) is 3.62. The lowest BCUT2D eigenvalue weighted by molar-refractivity contribution is -0.136. The maximum Gasteiger partial charge on any atom is 0.228 e. The minimum absolute atomic E-state index is 0.0282. The zero-order valence-corrected chi connectivity index (χ0v) is 19.6. The second kappa shape index (κ2) is 9.08. The van der Waals surface area contributed by atoms with Crippen LogP contribution in [0.2, 0.25) is 0 Å². The van der Waals surface area contributed by atoms with Crippen LogP contribution in [0, 0.1) is 18.8 Å². The first kappa shape index (κ1) is 21.8. The number of hydrogen-bond acceptors (Lipinski definition) is 4. The van der Waals surface area contributed by atoms with E-state index in [1.54, 1.807) is 7.11 Å². The third kappa shape index (κ3) is 4.43. The first-order chi connectivity index (χ1) is 16.0. The number of para-hydroxylation sites is 1. The molecule has 1 aliphatic carbocycles. The zero-order chi connectivity index (χ0) is 22.9. The summed E-state index contributed by atoms with van der Waals surface area (Å²) in [5.74, 6) is 1.23. The van der Waals surface area contributed by atoms with E-state index in [-0.39, 0.29) is 29.6 Å². The van der Waals surface area contributed by atoms with Crippen molar-refractivity contribution in [2.24, 2.45) is 11.8 Å². The number of carbonyl (C=O) groups excluding carboxylic acids is 2. The second-order valence-corrected chi connectivity index (χ2v) is 9.60. The zero-order valence-electron chi connectivity index (χ0n) is 19.6. The molecule has 33 heavy (non-hydrogen) atoms. The fourth-order valence-electron chi connectivity index (χ4n) is 5.33. The summed E-state index contributed by atoms with van der Waals surface area (Å²) in [5, 5.41) is 0. The van der Waals surface area contributed by atoms with Gasteiger partial charge in [0.25, 0.3) is 0 Å². The first-order valence-corrected chi connectivity index (χ1v) is 12.1. The molecule has 2 aliphatic heterocycles. The van der Waals surface area contributed by atoms with Gasteiger partial charge in [0.1, 0.15) is 5.75 Å². The summed E-state index contributed by atoms with van der Waals surface area (Å²) in [6.45, 7) is 6.40. The highest BCUT2D eigenvalue weighted by Gasteiger charge is 2.45. The second-order valence-electron chi connectivity index (χ2n) is 9.60. The Kier molecular flexibility index (Phi) is 6.00. The SMILES string of the molecule is COc1ccc([C@@H]2CN(C(=O)C3CC3)C[C@H]2C(=O)N2CCN(c3ccccc3C)CC2)cc1. The number of carbonyl (C=O) groups is 2. The molecule has 2 amide bonds. The lowest BCUT2D eigenvalue weighted by atomic mass is 9.87. The fourth-order valence-corrected chi connectivity index (χ4v) is 5.33. The number of rotatable bonds is 5. The van der Waals surface area contributed by atoms with Crippen LogP contribution in [0.1, 0.15) is 29.9 Å². The smallest absolute Gasteiger partial charge is 0.228 e. The Morgan fingerprint density at radius 1 is 0.848 bits per heavy atom. The molecule has 6 nitrogen and oxygen atoms in total. The molecular weight excluding hydrogens is 414 g/mol. The summed E-state index contributed by atoms with van der Waals surface area (Å²) in [6, 6.07) is 16.4. The lowest BCUT2D eigenvalue weighted by Crippen LogP contribution is -2.51. The normalized spacial score (nSPS) is 23.0. The third-order valence-electron chi connectivity index (χ3n) is 7.47. The maximum atomic E-state index is 13.7. The van der Waals surface area contributed by atoms with Crippen LogP contribution in [0.25, 0.3) is 0 Å². The molecule has 0 spiro atoms. The van der Waals surface area contributed by atoms with Crippen LogP contribution in [0.3, 0.4) is 0 Å². The van der Waals surface area contributed by atoms with Gasteiger partial charge in [0.05, 0.1) is 13.0 Å². The standard InChI is InChI=1S/C27H33N3O3/c1-19-5-3-4-6-25(19)28-13-15-29(16-14-28)27(32)24-18-30(26(31)21-7-8-21)17-23(24)20-9-11-22(33-2)12-10-20/h3-6,9-12,21,23-24H,7-8,13-18H2,1-2H3/t23-,24+/m0/s1. The van der Waals surface area contributed by atoms with Gasteiger partial charge in [0.15, 0.2) is 0 Å². The van der Waals surface area contributed by atoms with Gasteiger partial charge in [0, 0.05) is 56.8 Å². The molecule has 174 valence electrons. The highest BCUT2D eigenvalue weighted by Crippen LogP contribution is 2.39. The van der Waals surface area contributed by atoms with Gasteiger partial charge in [-0.2, -0.15) is 0 Å². The molecule has 2 aromatic rings. The van der Waals surface area contributed by atoms with Crippen LogP contribution < -0.4 is 9.64 Å². The molecule has 1 saturated carbocycles. The van der Waals surface area contributed by atoms with Crippen molar-refractivity contribution in [2.75, 3.05) is 51.3 Å². The number of benzene rings is 2. The number of anilines is 1. The van der Waals surface area contributed by atoms with Crippen LogP contribution in [-0.4, -0.2) is 68.0 Å². The van der Waals surface area contributed by atoms with Gasteiger partial charge in [-0.1, -0.05) is 30.3 Å². The number of ether oxygens (including phenoxy) is 1. The number of amides is 2. The Morgan fingerprint density at radius 3 is 2.18 bits per heavy atom. The molecule has 2 heterocycles. The highest BCUT2D eigenvalue weighted by molar-refractivity contribution is 5.85. The van der Waals surface area contributed by atoms with Crippen molar-refractivity contribution in [1.82, 2.24) is 9.80 Å². The molecule has 0 N–H and O–H groups in total. The van der Waals surface area contributed by atoms with E-state index in [0.717, 1.165) is 50.3 Å². The fraction of sp³-hybridized carbons (Fsp3) is 0.481. The van der Waals surface area contributed by atoms with E-state index in [9.17, 15) is 9.59 Å². The molecule has 0 aromatic heterocycles. The first-order valence-electron chi connectivity index (χ1n) is 12.1. The van der Waals surface area contributed by atoms with Gasteiger partial charge in [-0.15, -0.1) is 0 Å². The van der Waals surface area contributed by atoms with E-state index in [1.165, 1.54) is 11.3 Å². The summed E-state index contributed by atoms with van der Waals surface area (Å²) in [4.78, 5) is 32.9. The van der Waals surface area contributed by atoms with E-state index in [4.69, 9.17) is 4.74 Å². The third-order valence-corrected chi connectivity index (χ3v) is 7.47. The number of methoxy groups -OCH3 is 1. The summed E-state index contributed by atoms with van der Waals surface area (Å²) in [6.07, 6.45) is 1.98. The number of nitrogens with zero attached hydrogens (tertiary/aromatic N) is 3. The van der Waals surface area contributed by atoms with Gasteiger partial charge in [-0.3, -0.25) is 9.59 Å². The molecule has 2 atom stereocenters. The molecule has 2 aromatic carbocycles. The number of aryl methyl sites for hydroxylation is 1. The summed E-state index contributed by atoms with van der Waals surface area (Å²) < 4.78 is 5.31. The Morgan fingerprint density at radius 2 is 1.55 bits per heavy atom. The van der Waals surface area contributed by atoms with Gasteiger partial charge in [-0.25, -0.2) is 0 Å². The molecule has 3 fully saturated rings. The summed E-state index contributed by atoms with van der Waals surface area (Å²) in [5.41, 5.74) is 3.63. The Labute approximate surface area is 196 Å². The van der Waals surface area contributed by atoms with Crippen LogP contribution in [0.5, 0.6) is 5.75 Å². The van der Waals surface area contributed by atoms with Gasteiger partial charge in [0.2, 0.25) is 11.8 Å². The predicted octanol–water partition coefficient (Wildman–Crippen LogP) is 3.30. The maximum absolute atomic E-state index is 13.7. The summed E-state index contributed by atoms with van der Waals surface area (Å²) >= 11 is 0. The molecule has 3 aliphatic rings. The van der Waals surface area contributed by atoms with Crippen LogP contribution in [-0.2, 0) is 9.59 Å². The van der Waals surface area contributed by atoms with E-state index >= 15 is 0 Å². The van der Waals surface area contributed by atoms with Crippen LogP contribution in [0.15, 0.2) is 48.5 Å². The van der Waals surface area contributed by atoms with Crippen LogP contribution in [0.4, 0.5) is 5.69 Å². The number of piperazine rings is 1. The van der Waals surface area contributed by atoms with Crippen molar-refractivity contribution >= 4 is 17.5 Å². The minimum Gasteiger partial charge on any atom is -0.497 e. The van der Waals surface area contributed by atoms with Crippen molar-refractivity contribution in [1.29, 1.82) is 0 Å². The van der Waals surface area contributed by atoms with Gasteiger partial charge >= 0.3 is 0 Å². The molecule has 0 radical (unpaired) electrons. The van der Waals surface area contributed by atoms with E-state index in [1.807, 2.05) is 34.1 Å². The highest BCUT2D eigenvalue weighted by atomic mass is 16.5. The number of likely N-dealkylation sites (tertiary alicyclic amines) is 1. The molecule has 5 rings (SSSR count). The number of hydrogen-bond donors (Lipinski definition) is 0. The van der Waals surface area contributed by atoms with Crippen molar-refractivity contribution in [2.45, 2.75) is 25.7 Å². The Bertz CT molecular complexity index is 1010. The molecule has 6 heteroatoms. The molecular formula is C27H33N3O3. The molecule has 0 unspecified atom stereocenters. The lowest BCUT2D eigenvalue weighted by Gasteiger charge is -2.38. The predicted molar refractivity (Wildman–Crippen MR) is 129 cm³/mol. The average molecular weight is 448 g/mol. The largest absolute Gasteiger partial charge is 0.497 e. The van der Waals surface area contributed by atoms with E-state index < -0.39 is 0 Å². The van der Waals surface area contributed by atoms with Crippen molar-refractivity contribution < 1.29 is 14.3 Å². The topological polar surface area (TPSA) is 53.1 Å². The van der Waals surface area contributed by atoms with Gasteiger partial charge < -0.3 is 19.4 Å². The van der Waals surface area contributed by atoms with E-state index in [2.05, 4.69) is 36.1 Å². The minimum atomic E-state index is -0.189. The van der Waals surface area contributed by atoms with E-state index in [0.29, 0.717) is 13.1 Å². The quantitative estimate of drug-likeness (QED) is 0.706. The van der Waals surface area contributed by atoms with Crippen molar-refractivity contribution in [3.63, 3.8) is 0 Å². The van der Waals surface area contributed by atoms with Crippen LogP contribution >= 0.6 is 0 Å². The Balaban J connectivity index is 1.31. The van der Waals surface area contributed by atoms with Crippen molar-refractivity contribution in [3.05, 3.63) is 59.7 Å². The summed E-state index contributed by atoms with van der Waals surface area (Å²) in [7, 11) is 1.66. The Hall–Kier alpha value is -3.02. The monoisotopic (exact) mass is 447 g/mol.